The number of anilines is 1. The smallest absolute Gasteiger partial charge is 0.415 e. The first-order valence-electron chi connectivity index (χ1n) is 12.1. The second kappa shape index (κ2) is 10.3. The Morgan fingerprint density at radius 1 is 1.17 bits per heavy atom. The minimum absolute atomic E-state index is 0.0933. The first-order valence-corrected chi connectivity index (χ1v) is 12.1. The van der Waals surface area contributed by atoms with Crippen LogP contribution >= 0.6 is 0 Å². The number of methoxy groups -OCH3 is 3. The molecule has 4 rings (SSSR count). The van der Waals surface area contributed by atoms with E-state index in [1.165, 1.54) is 0 Å². The van der Waals surface area contributed by atoms with Crippen molar-refractivity contribution in [2.75, 3.05) is 39.4 Å². The quantitative estimate of drug-likeness (QED) is 0.440. The van der Waals surface area contributed by atoms with Crippen molar-refractivity contribution in [2.24, 2.45) is 0 Å². The molecule has 1 saturated heterocycles. The van der Waals surface area contributed by atoms with Gasteiger partial charge in [-0.2, -0.15) is 0 Å². The number of aryl methyl sites for hydroxylation is 1. The van der Waals surface area contributed by atoms with Crippen LogP contribution < -0.4 is 19.1 Å². The molecule has 0 spiro atoms. The number of hydrogen-bond acceptors (Lipinski definition) is 7. The molecule has 194 valence electrons. The second-order valence-electron chi connectivity index (χ2n) is 9.81. The maximum absolute atomic E-state index is 13.5. The van der Waals surface area contributed by atoms with E-state index >= 15 is 0 Å². The van der Waals surface area contributed by atoms with Crippen LogP contribution in [-0.4, -0.2) is 61.9 Å². The van der Waals surface area contributed by atoms with Gasteiger partial charge in [0.2, 0.25) is 0 Å². The number of benzene rings is 1. The SMILES string of the molecule is COc1cc(C)c(-c2cccc3c(N(CC4CCCO4)C(=O)OC(C)(C)C)c(OC)nn23)c(OC)c1. The van der Waals surface area contributed by atoms with Crippen LogP contribution in [0.2, 0.25) is 0 Å². The number of amides is 1. The molecule has 0 bridgehead atoms. The normalized spacial score (nSPS) is 15.7. The van der Waals surface area contributed by atoms with Gasteiger partial charge in [0.25, 0.3) is 5.88 Å². The third-order valence-corrected chi connectivity index (χ3v) is 6.07. The van der Waals surface area contributed by atoms with E-state index in [2.05, 4.69) is 0 Å². The van der Waals surface area contributed by atoms with Gasteiger partial charge >= 0.3 is 6.09 Å². The molecule has 1 aliphatic heterocycles. The molecule has 1 amide bonds. The van der Waals surface area contributed by atoms with Gasteiger partial charge in [-0.25, -0.2) is 9.31 Å². The van der Waals surface area contributed by atoms with Crippen molar-refractivity contribution in [1.29, 1.82) is 0 Å². The summed E-state index contributed by atoms with van der Waals surface area (Å²) in [4.78, 5) is 15.0. The summed E-state index contributed by atoms with van der Waals surface area (Å²) in [7, 11) is 4.79. The van der Waals surface area contributed by atoms with E-state index in [1.807, 2.05) is 58.0 Å². The maximum Gasteiger partial charge on any atom is 0.415 e. The summed E-state index contributed by atoms with van der Waals surface area (Å²) >= 11 is 0. The van der Waals surface area contributed by atoms with Gasteiger partial charge < -0.3 is 23.7 Å². The molecular formula is C27H35N3O6. The lowest BCUT2D eigenvalue weighted by Gasteiger charge is -2.28. The summed E-state index contributed by atoms with van der Waals surface area (Å²) in [6.07, 6.45) is 1.26. The molecule has 0 radical (unpaired) electrons. The lowest BCUT2D eigenvalue weighted by Crippen LogP contribution is -2.41. The summed E-state index contributed by atoms with van der Waals surface area (Å²) in [5, 5.41) is 4.76. The highest BCUT2D eigenvalue weighted by atomic mass is 16.6. The molecule has 0 aliphatic carbocycles. The zero-order chi connectivity index (χ0) is 26.0. The fraction of sp³-hybridized carbons (Fsp3) is 0.481. The molecule has 1 aliphatic rings. The highest BCUT2D eigenvalue weighted by molar-refractivity contribution is 5.96. The van der Waals surface area contributed by atoms with Crippen molar-refractivity contribution in [3.8, 4) is 28.6 Å². The highest BCUT2D eigenvalue weighted by Crippen LogP contribution is 2.41. The van der Waals surface area contributed by atoms with E-state index in [0.717, 1.165) is 29.7 Å². The van der Waals surface area contributed by atoms with Crippen LogP contribution in [0.5, 0.6) is 17.4 Å². The molecule has 0 saturated carbocycles. The molecule has 9 heteroatoms. The Kier molecular flexibility index (Phi) is 7.31. The van der Waals surface area contributed by atoms with E-state index in [0.29, 0.717) is 41.7 Å². The summed E-state index contributed by atoms with van der Waals surface area (Å²) in [5.74, 6) is 1.67. The topological polar surface area (TPSA) is 83.8 Å². The third kappa shape index (κ3) is 5.06. The van der Waals surface area contributed by atoms with Gasteiger partial charge in [-0.05, 0) is 64.3 Å². The van der Waals surface area contributed by atoms with Crippen molar-refractivity contribution < 1.29 is 28.5 Å². The van der Waals surface area contributed by atoms with Gasteiger partial charge in [0.15, 0.2) is 0 Å². The molecule has 0 N–H and O–H groups in total. The Bertz CT molecular complexity index is 1240. The van der Waals surface area contributed by atoms with Gasteiger partial charge in [0.05, 0.1) is 45.2 Å². The summed E-state index contributed by atoms with van der Waals surface area (Å²) in [5.41, 5.74) is 3.18. The Morgan fingerprint density at radius 2 is 1.94 bits per heavy atom. The molecule has 1 atom stereocenters. The van der Waals surface area contributed by atoms with Gasteiger partial charge in [-0.15, -0.1) is 5.10 Å². The molecule has 1 aromatic carbocycles. The van der Waals surface area contributed by atoms with Crippen molar-refractivity contribution >= 4 is 17.3 Å². The molecule has 2 aromatic heterocycles. The van der Waals surface area contributed by atoms with Crippen molar-refractivity contribution in [3.63, 3.8) is 0 Å². The monoisotopic (exact) mass is 497 g/mol. The largest absolute Gasteiger partial charge is 0.497 e. The van der Waals surface area contributed by atoms with Crippen LogP contribution in [0.25, 0.3) is 16.8 Å². The Balaban J connectivity index is 1.90. The minimum atomic E-state index is -0.666. The number of aromatic nitrogens is 2. The van der Waals surface area contributed by atoms with Gasteiger partial charge in [-0.3, -0.25) is 4.90 Å². The predicted molar refractivity (Wildman–Crippen MR) is 138 cm³/mol. The maximum atomic E-state index is 13.5. The lowest BCUT2D eigenvalue weighted by atomic mass is 10.0. The van der Waals surface area contributed by atoms with Gasteiger partial charge in [0.1, 0.15) is 22.8 Å². The van der Waals surface area contributed by atoms with E-state index in [4.69, 9.17) is 28.8 Å². The molecule has 1 unspecified atom stereocenters. The molecular weight excluding hydrogens is 462 g/mol. The van der Waals surface area contributed by atoms with Crippen LogP contribution in [0.15, 0.2) is 30.3 Å². The number of carbonyl (C=O) groups is 1. The van der Waals surface area contributed by atoms with Crippen LogP contribution in [0.3, 0.4) is 0 Å². The highest BCUT2D eigenvalue weighted by Gasteiger charge is 2.33. The Hall–Kier alpha value is -3.46. The molecule has 3 aromatic rings. The predicted octanol–water partition coefficient (Wildman–Crippen LogP) is 5.26. The molecule has 3 heterocycles. The number of fused-ring (bicyclic) bond motifs is 1. The van der Waals surface area contributed by atoms with Gasteiger partial charge in [0, 0.05) is 18.2 Å². The average molecular weight is 498 g/mol. The summed E-state index contributed by atoms with van der Waals surface area (Å²) < 4.78 is 30.3. The Morgan fingerprint density at radius 3 is 2.56 bits per heavy atom. The number of rotatable bonds is 7. The summed E-state index contributed by atoms with van der Waals surface area (Å²) in [6.45, 7) is 8.55. The number of pyridine rings is 1. The van der Waals surface area contributed by atoms with E-state index in [-0.39, 0.29) is 6.10 Å². The fourth-order valence-electron chi connectivity index (χ4n) is 4.51. The van der Waals surface area contributed by atoms with Crippen molar-refractivity contribution in [1.82, 2.24) is 9.61 Å². The zero-order valence-corrected chi connectivity index (χ0v) is 22.1. The second-order valence-corrected chi connectivity index (χ2v) is 9.81. The first kappa shape index (κ1) is 25.6. The van der Waals surface area contributed by atoms with Crippen LogP contribution in [0.4, 0.5) is 10.5 Å². The van der Waals surface area contributed by atoms with Gasteiger partial charge in [-0.1, -0.05) is 6.07 Å². The van der Waals surface area contributed by atoms with E-state index in [9.17, 15) is 4.79 Å². The molecule has 9 nitrogen and oxygen atoms in total. The summed E-state index contributed by atoms with van der Waals surface area (Å²) in [6, 6.07) is 9.58. The van der Waals surface area contributed by atoms with Crippen LogP contribution in [-0.2, 0) is 9.47 Å². The molecule has 1 fully saturated rings. The van der Waals surface area contributed by atoms with Crippen LogP contribution in [0, 0.1) is 6.92 Å². The number of carbonyl (C=O) groups excluding carboxylic acids is 1. The Labute approximate surface area is 211 Å². The minimum Gasteiger partial charge on any atom is -0.497 e. The zero-order valence-electron chi connectivity index (χ0n) is 22.1. The fourth-order valence-corrected chi connectivity index (χ4v) is 4.51. The lowest BCUT2D eigenvalue weighted by molar-refractivity contribution is 0.0538. The number of hydrogen-bond donors (Lipinski definition) is 0. The van der Waals surface area contributed by atoms with Crippen molar-refractivity contribution in [3.05, 3.63) is 35.9 Å². The number of ether oxygens (including phenoxy) is 5. The van der Waals surface area contributed by atoms with Crippen LogP contribution in [0.1, 0.15) is 39.2 Å². The molecule has 36 heavy (non-hydrogen) atoms. The standard InChI is InChI=1S/C27H35N3O6/c1-17-14-19(32-5)15-22(33-6)23(17)20-11-8-12-21-24(25(34-7)28-30(20)21)29(16-18-10-9-13-35-18)26(31)36-27(2,3)4/h8,11-12,14-15,18H,9-10,13,16H2,1-7H3. The average Bonchev–Trinajstić information content (AvgIpc) is 3.48. The third-order valence-electron chi connectivity index (χ3n) is 6.07. The number of nitrogens with zero attached hydrogens (tertiary/aromatic N) is 3. The first-order chi connectivity index (χ1) is 17.2. The van der Waals surface area contributed by atoms with E-state index in [1.54, 1.807) is 30.7 Å². The van der Waals surface area contributed by atoms with E-state index < -0.39 is 11.7 Å². The van der Waals surface area contributed by atoms with Crippen molar-refractivity contribution in [2.45, 2.75) is 52.2 Å².